The molecule has 6 nitrogen and oxygen atoms in total. The summed E-state index contributed by atoms with van der Waals surface area (Å²) in [6.07, 6.45) is 67.0. The SMILES string of the molecule is CCCC/C=C\C/C=C\CCCCCCCC(=O)OCCCCC/C=C\CCCCCCCC(=O)NC(CO)C(O)CCCCCCCCCCCCCCCCCCCCCCCC. The third kappa shape index (κ3) is 51.3. The Bertz CT molecular complexity index is 1060. The smallest absolute Gasteiger partial charge is 0.305 e. The zero-order valence-corrected chi connectivity index (χ0v) is 43.5. The normalized spacial score (nSPS) is 12.9. The largest absolute Gasteiger partial charge is 0.466 e. The van der Waals surface area contributed by atoms with Gasteiger partial charge >= 0.3 is 5.97 Å². The van der Waals surface area contributed by atoms with Crippen LogP contribution in [0.1, 0.15) is 303 Å². The zero-order chi connectivity index (χ0) is 47.2. The van der Waals surface area contributed by atoms with Crippen LogP contribution in [0.25, 0.3) is 0 Å². The monoisotopic (exact) mass is 914 g/mol. The lowest BCUT2D eigenvalue weighted by molar-refractivity contribution is -0.143. The molecule has 3 N–H and O–H groups in total. The van der Waals surface area contributed by atoms with Gasteiger partial charge in [-0.15, -0.1) is 0 Å². The van der Waals surface area contributed by atoms with Crippen molar-refractivity contribution in [2.75, 3.05) is 13.2 Å². The number of esters is 1. The topological polar surface area (TPSA) is 95.9 Å². The molecule has 6 heteroatoms. The summed E-state index contributed by atoms with van der Waals surface area (Å²) in [6.45, 7) is 4.86. The number of nitrogens with one attached hydrogen (secondary N) is 1. The van der Waals surface area contributed by atoms with Crippen LogP contribution in [-0.2, 0) is 14.3 Å². The first kappa shape index (κ1) is 63.1. The fourth-order valence-corrected chi connectivity index (χ4v) is 8.71. The quantitative estimate of drug-likeness (QED) is 0.0321. The summed E-state index contributed by atoms with van der Waals surface area (Å²) in [5.41, 5.74) is 0. The van der Waals surface area contributed by atoms with Crippen molar-refractivity contribution >= 4 is 11.9 Å². The van der Waals surface area contributed by atoms with Crippen LogP contribution in [0.3, 0.4) is 0 Å². The molecule has 382 valence electrons. The third-order valence-corrected chi connectivity index (χ3v) is 13.2. The molecule has 0 aliphatic carbocycles. The first-order valence-corrected chi connectivity index (χ1v) is 28.7. The number of rotatable bonds is 53. The van der Waals surface area contributed by atoms with Gasteiger partial charge in [-0.3, -0.25) is 9.59 Å². The van der Waals surface area contributed by atoms with E-state index in [-0.39, 0.29) is 18.5 Å². The number of hydrogen-bond donors (Lipinski definition) is 3. The molecule has 0 aromatic carbocycles. The molecule has 1 amide bonds. The van der Waals surface area contributed by atoms with E-state index in [1.807, 2.05) is 0 Å². The predicted molar refractivity (Wildman–Crippen MR) is 283 cm³/mol. The highest BCUT2D eigenvalue weighted by Crippen LogP contribution is 2.17. The van der Waals surface area contributed by atoms with Crippen molar-refractivity contribution in [2.45, 2.75) is 315 Å². The van der Waals surface area contributed by atoms with Crippen molar-refractivity contribution in [1.29, 1.82) is 0 Å². The number of allylic oxidation sites excluding steroid dienone is 6. The Kier molecular flexibility index (Phi) is 53.1. The fourth-order valence-electron chi connectivity index (χ4n) is 8.71. The zero-order valence-electron chi connectivity index (χ0n) is 43.5. The summed E-state index contributed by atoms with van der Waals surface area (Å²) in [5.74, 6) is -0.0967. The van der Waals surface area contributed by atoms with Gasteiger partial charge in [0.25, 0.3) is 0 Å². The van der Waals surface area contributed by atoms with Crippen LogP contribution >= 0.6 is 0 Å². The molecule has 65 heavy (non-hydrogen) atoms. The average molecular weight is 915 g/mol. The molecule has 0 aromatic heterocycles. The van der Waals surface area contributed by atoms with Crippen molar-refractivity contribution in [3.63, 3.8) is 0 Å². The second-order valence-electron chi connectivity index (χ2n) is 19.6. The highest BCUT2D eigenvalue weighted by molar-refractivity contribution is 5.76. The lowest BCUT2D eigenvalue weighted by Gasteiger charge is -2.22. The Labute approximate surface area is 404 Å². The second-order valence-corrected chi connectivity index (χ2v) is 19.6. The lowest BCUT2D eigenvalue weighted by atomic mass is 10.0. The molecule has 0 rings (SSSR count). The molecule has 0 bridgehead atoms. The summed E-state index contributed by atoms with van der Waals surface area (Å²) < 4.78 is 5.44. The van der Waals surface area contributed by atoms with Gasteiger partial charge in [0.2, 0.25) is 5.91 Å². The molecular weight excluding hydrogens is 803 g/mol. The molecule has 0 heterocycles. The minimum Gasteiger partial charge on any atom is -0.466 e. The van der Waals surface area contributed by atoms with Crippen LogP contribution in [0.5, 0.6) is 0 Å². The minimum absolute atomic E-state index is 0.0370. The molecule has 0 aromatic rings. The Morgan fingerprint density at radius 2 is 0.785 bits per heavy atom. The highest BCUT2D eigenvalue weighted by Gasteiger charge is 2.20. The second kappa shape index (κ2) is 54.7. The van der Waals surface area contributed by atoms with Crippen LogP contribution in [0.15, 0.2) is 36.5 Å². The van der Waals surface area contributed by atoms with Gasteiger partial charge < -0.3 is 20.3 Å². The number of carbonyl (C=O) groups is 2. The van der Waals surface area contributed by atoms with E-state index < -0.39 is 12.1 Å². The van der Waals surface area contributed by atoms with E-state index in [0.717, 1.165) is 89.9 Å². The van der Waals surface area contributed by atoms with Crippen LogP contribution in [0, 0.1) is 0 Å². The van der Waals surface area contributed by atoms with Crippen molar-refractivity contribution in [3.8, 4) is 0 Å². The Morgan fingerprint density at radius 3 is 1.23 bits per heavy atom. The maximum Gasteiger partial charge on any atom is 0.305 e. The van der Waals surface area contributed by atoms with Gasteiger partial charge in [0, 0.05) is 12.8 Å². The summed E-state index contributed by atoms with van der Waals surface area (Å²) >= 11 is 0. The summed E-state index contributed by atoms with van der Waals surface area (Å²) in [7, 11) is 0. The van der Waals surface area contributed by atoms with Crippen molar-refractivity contribution < 1.29 is 24.5 Å². The average Bonchev–Trinajstić information content (AvgIpc) is 3.31. The van der Waals surface area contributed by atoms with Gasteiger partial charge in [-0.05, 0) is 83.5 Å². The van der Waals surface area contributed by atoms with E-state index in [9.17, 15) is 19.8 Å². The highest BCUT2D eigenvalue weighted by atomic mass is 16.5. The van der Waals surface area contributed by atoms with E-state index >= 15 is 0 Å². The molecule has 0 aliphatic rings. The minimum atomic E-state index is -0.683. The van der Waals surface area contributed by atoms with Crippen molar-refractivity contribution in [3.05, 3.63) is 36.5 Å². The number of ether oxygens (including phenoxy) is 1. The van der Waals surface area contributed by atoms with Gasteiger partial charge in [-0.25, -0.2) is 0 Å². The summed E-state index contributed by atoms with van der Waals surface area (Å²) in [4.78, 5) is 24.5. The van der Waals surface area contributed by atoms with E-state index in [1.54, 1.807) is 0 Å². The van der Waals surface area contributed by atoms with Crippen LogP contribution < -0.4 is 5.32 Å². The van der Waals surface area contributed by atoms with E-state index in [1.165, 1.54) is 180 Å². The molecule has 0 aliphatic heterocycles. The number of unbranched alkanes of at least 4 members (excludes halogenated alkanes) is 36. The Morgan fingerprint density at radius 1 is 0.431 bits per heavy atom. The van der Waals surface area contributed by atoms with Gasteiger partial charge in [0.1, 0.15) is 0 Å². The summed E-state index contributed by atoms with van der Waals surface area (Å²) in [6, 6.07) is -0.562. The molecule has 2 unspecified atom stereocenters. The maximum absolute atomic E-state index is 12.5. The van der Waals surface area contributed by atoms with Gasteiger partial charge in [-0.2, -0.15) is 0 Å². The summed E-state index contributed by atoms with van der Waals surface area (Å²) in [5, 5.41) is 23.3. The molecule has 0 fully saturated rings. The lowest BCUT2D eigenvalue weighted by Crippen LogP contribution is -2.45. The molecule has 2 atom stereocenters. The molecule has 0 saturated carbocycles. The van der Waals surface area contributed by atoms with Crippen molar-refractivity contribution in [1.82, 2.24) is 5.32 Å². The first-order valence-electron chi connectivity index (χ1n) is 28.7. The number of hydrogen-bond acceptors (Lipinski definition) is 5. The number of aliphatic hydroxyl groups excluding tert-OH is 2. The number of amides is 1. The van der Waals surface area contributed by atoms with E-state index in [2.05, 4.69) is 55.6 Å². The van der Waals surface area contributed by atoms with Gasteiger partial charge in [-0.1, -0.05) is 243 Å². The van der Waals surface area contributed by atoms with Crippen LogP contribution in [0.4, 0.5) is 0 Å². The van der Waals surface area contributed by atoms with Gasteiger partial charge in [0.05, 0.1) is 25.4 Å². The Balaban J connectivity index is 3.51. The molecule has 0 saturated heterocycles. The fraction of sp³-hybridized carbons (Fsp3) is 0.864. The molecule has 0 radical (unpaired) electrons. The predicted octanol–water partition coefficient (Wildman–Crippen LogP) is 17.6. The van der Waals surface area contributed by atoms with E-state index in [4.69, 9.17) is 4.74 Å². The van der Waals surface area contributed by atoms with Crippen LogP contribution in [-0.4, -0.2) is 47.4 Å². The van der Waals surface area contributed by atoms with E-state index in [0.29, 0.717) is 25.9 Å². The standard InChI is InChI=1S/C59H111NO5/c1-3-5-7-9-11-13-15-17-19-20-21-22-23-24-25-26-27-31-35-39-43-47-51-57(62)56(55-61)60-58(63)52-48-44-40-36-32-29-30-34-38-42-46-50-54-65-59(64)53-49-45-41-37-33-28-18-16-14-12-10-8-6-4-2/h10,12,16,18,30,34,56-57,61-62H,3-9,11,13-15,17,19-29,31-33,35-55H2,1-2H3,(H,60,63)/b12-10-,18-16-,34-30-. The molecule has 0 spiro atoms. The first-order chi connectivity index (χ1) is 32.0. The maximum atomic E-state index is 12.5. The number of aliphatic hydroxyl groups is 2. The van der Waals surface area contributed by atoms with Crippen molar-refractivity contribution in [2.24, 2.45) is 0 Å². The van der Waals surface area contributed by atoms with Crippen LogP contribution in [0.2, 0.25) is 0 Å². The molecular formula is C59H111NO5. The number of carbonyl (C=O) groups excluding carboxylic acids is 2. The van der Waals surface area contributed by atoms with Gasteiger partial charge in [0.15, 0.2) is 0 Å². The Hall–Kier alpha value is -1.92. The third-order valence-electron chi connectivity index (χ3n) is 13.2.